The Morgan fingerprint density at radius 2 is 1.96 bits per heavy atom. The van der Waals surface area contributed by atoms with E-state index in [9.17, 15) is 9.59 Å². The van der Waals surface area contributed by atoms with Gasteiger partial charge in [-0.1, -0.05) is 23.8 Å². The second-order valence-corrected chi connectivity index (χ2v) is 6.82. The Bertz CT molecular complexity index is 804. The molecule has 25 heavy (non-hydrogen) atoms. The van der Waals surface area contributed by atoms with Crippen molar-refractivity contribution in [2.45, 2.75) is 32.2 Å². The highest BCUT2D eigenvalue weighted by Gasteiger charge is 2.15. The van der Waals surface area contributed by atoms with Crippen LogP contribution in [0.1, 0.15) is 46.1 Å². The molecule has 0 saturated heterocycles. The van der Waals surface area contributed by atoms with Gasteiger partial charge in [0, 0.05) is 10.6 Å². The normalized spacial score (nSPS) is 10.4. The first-order valence-corrected chi connectivity index (χ1v) is 8.83. The summed E-state index contributed by atoms with van der Waals surface area (Å²) in [5.74, 6) is 0.282. The molecule has 2 N–H and O–H groups in total. The molecular formula is C19H21NO4S. The summed E-state index contributed by atoms with van der Waals surface area (Å²) in [6.45, 7) is 5.80. The number of furan rings is 1. The molecule has 1 heterocycles. The Morgan fingerprint density at radius 3 is 2.60 bits per heavy atom. The van der Waals surface area contributed by atoms with Gasteiger partial charge in [-0.25, -0.2) is 4.79 Å². The molecule has 2 aromatic rings. The number of hydrogen-bond acceptors (Lipinski definition) is 4. The van der Waals surface area contributed by atoms with Crippen molar-refractivity contribution >= 4 is 23.6 Å². The third-order valence-corrected chi connectivity index (χ3v) is 4.48. The lowest BCUT2D eigenvalue weighted by molar-refractivity contribution is 0.0694. The van der Waals surface area contributed by atoms with E-state index in [0.717, 1.165) is 10.6 Å². The second-order valence-electron chi connectivity index (χ2n) is 5.76. The summed E-state index contributed by atoms with van der Waals surface area (Å²) < 4.78 is 5.38. The highest BCUT2D eigenvalue weighted by molar-refractivity contribution is 7.99. The van der Waals surface area contributed by atoms with E-state index in [-0.39, 0.29) is 18.0 Å². The molecule has 0 spiro atoms. The number of aryl methyl sites for hydroxylation is 1. The molecule has 2 rings (SSSR count). The number of thioether (sulfide) groups is 1. The highest BCUT2D eigenvalue weighted by atomic mass is 32.2. The summed E-state index contributed by atoms with van der Waals surface area (Å²) in [7, 11) is 0. The van der Waals surface area contributed by atoms with E-state index in [1.807, 2.05) is 32.0 Å². The van der Waals surface area contributed by atoms with E-state index in [2.05, 4.69) is 11.4 Å². The van der Waals surface area contributed by atoms with Crippen molar-refractivity contribution in [2.24, 2.45) is 0 Å². The number of hydrogen-bond donors (Lipinski definition) is 2. The predicted molar refractivity (Wildman–Crippen MR) is 98.2 cm³/mol. The van der Waals surface area contributed by atoms with E-state index < -0.39 is 5.97 Å². The van der Waals surface area contributed by atoms with E-state index in [1.165, 1.54) is 11.6 Å². The Balaban J connectivity index is 2.04. The van der Waals surface area contributed by atoms with Crippen molar-refractivity contribution in [3.05, 3.63) is 64.6 Å². The zero-order valence-corrected chi connectivity index (χ0v) is 15.3. The van der Waals surface area contributed by atoms with E-state index >= 15 is 0 Å². The van der Waals surface area contributed by atoms with Gasteiger partial charge < -0.3 is 14.8 Å². The predicted octanol–water partition coefficient (Wildman–Crippen LogP) is 4.27. The maximum atomic E-state index is 12.5. The summed E-state index contributed by atoms with van der Waals surface area (Å²) in [5, 5.41) is 11.8. The third kappa shape index (κ3) is 5.26. The minimum atomic E-state index is -1.04. The van der Waals surface area contributed by atoms with Crippen molar-refractivity contribution in [1.82, 2.24) is 5.32 Å². The van der Waals surface area contributed by atoms with Crippen molar-refractivity contribution in [3.63, 3.8) is 0 Å². The lowest BCUT2D eigenvalue weighted by Crippen LogP contribution is -2.23. The van der Waals surface area contributed by atoms with Crippen LogP contribution in [0, 0.1) is 6.92 Å². The molecular weight excluding hydrogens is 338 g/mol. The van der Waals surface area contributed by atoms with Crippen LogP contribution >= 0.6 is 11.8 Å². The maximum absolute atomic E-state index is 12.5. The zero-order valence-electron chi connectivity index (χ0n) is 14.5. The van der Waals surface area contributed by atoms with Crippen LogP contribution in [0.3, 0.4) is 0 Å². The monoisotopic (exact) mass is 359 g/mol. The van der Waals surface area contributed by atoms with Crippen molar-refractivity contribution in [1.29, 1.82) is 0 Å². The maximum Gasteiger partial charge on any atom is 0.339 e. The Kier molecular flexibility index (Phi) is 6.47. The van der Waals surface area contributed by atoms with Crippen LogP contribution in [0.5, 0.6) is 0 Å². The van der Waals surface area contributed by atoms with Crippen molar-refractivity contribution in [2.75, 3.05) is 5.75 Å². The number of allylic oxidation sites excluding steroid dienone is 1. The average molecular weight is 359 g/mol. The third-order valence-electron chi connectivity index (χ3n) is 3.48. The largest absolute Gasteiger partial charge is 0.478 e. The van der Waals surface area contributed by atoms with Crippen molar-refractivity contribution in [3.8, 4) is 0 Å². The van der Waals surface area contributed by atoms with Gasteiger partial charge in [-0.05, 0) is 39.0 Å². The first-order chi connectivity index (χ1) is 11.9. The van der Waals surface area contributed by atoms with Gasteiger partial charge in [-0.3, -0.25) is 4.79 Å². The summed E-state index contributed by atoms with van der Waals surface area (Å²) in [4.78, 5) is 24.4. The van der Waals surface area contributed by atoms with Gasteiger partial charge in [0.1, 0.15) is 17.1 Å². The second kappa shape index (κ2) is 8.58. The molecule has 132 valence electrons. The molecule has 0 radical (unpaired) electrons. The van der Waals surface area contributed by atoms with Gasteiger partial charge in [0.05, 0.1) is 12.1 Å². The average Bonchev–Trinajstić information content (AvgIpc) is 2.94. The van der Waals surface area contributed by atoms with E-state index in [1.54, 1.807) is 24.8 Å². The molecule has 0 unspecified atom stereocenters. The number of rotatable bonds is 7. The molecule has 0 aliphatic carbocycles. The molecule has 6 heteroatoms. The fourth-order valence-electron chi connectivity index (χ4n) is 2.18. The van der Waals surface area contributed by atoms with Crippen LogP contribution in [0.15, 0.2) is 51.3 Å². The van der Waals surface area contributed by atoms with E-state index in [0.29, 0.717) is 17.1 Å². The van der Waals surface area contributed by atoms with Gasteiger partial charge >= 0.3 is 5.97 Å². The molecule has 0 aliphatic heterocycles. The van der Waals surface area contributed by atoms with Gasteiger partial charge in [0.15, 0.2) is 0 Å². The zero-order chi connectivity index (χ0) is 18.4. The summed E-state index contributed by atoms with van der Waals surface area (Å²) in [5.41, 5.74) is 1.94. The number of amides is 1. The number of aromatic carboxylic acids is 1. The van der Waals surface area contributed by atoms with Crippen molar-refractivity contribution < 1.29 is 19.1 Å². The van der Waals surface area contributed by atoms with E-state index in [4.69, 9.17) is 9.52 Å². The number of carboxylic acids is 1. The van der Waals surface area contributed by atoms with Crippen LogP contribution in [0.4, 0.5) is 0 Å². The lowest BCUT2D eigenvalue weighted by Gasteiger charge is -2.08. The molecule has 5 nitrogen and oxygen atoms in total. The fourth-order valence-corrected chi connectivity index (χ4v) is 3.27. The molecule has 1 amide bonds. The topological polar surface area (TPSA) is 79.5 Å². The lowest BCUT2D eigenvalue weighted by atomic mass is 10.2. The number of nitrogens with one attached hydrogen (secondary N) is 1. The molecule has 0 saturated carbocycles. The summed E-state index contributed by atoms with van der Waals surface area (Å²) in [6, 6.07) is 8.85. The fraction of sp³-hybridized carbons (Fsp3) is 0.263. The molecule has 0 fully saturated rings. The van der Waals surface area contributed by atoms with Crippen LogP contribution < -0.4 is 5.32 Å². The first kappa shape index (κ1) is 18.9. The number of carboxylic acid groups (broad SMARTS) is 1. The van der Waals surface area contributed by atoms with Gasteiger partial charge in [0.2, 0.25) is 0 Å². The smallest absolute Gasteiger partial charge is 0.339 e. The number of carbonyl (C=O) groups excluding carboxylic acids is 1. The molecule has 0 aliphatic rings. The van der Waals surface area contributed by atoms with Crippen LogP contribution in [-0.2, 0) is 6.54 Å². The van der Waals surface area contributed by atoms with Crippen LogP contribution in [0.2, 0.25) is 0 Å². The molecule has 0 atom stereocenters. The van der Waals surface area contributed by atoms with Gasteiger partial charge in [-0.15, -0.1) is 11.8 Å². The van der Waals surface area contributed by atoms with Crippen LogP contribution in [0.25, 0.3) is 0 Å². The Hall–Kier alpha value is -2.47. The quantitative estimate of drug-likeness (QED) is 0.570. The Morgan fingerprint density at radius 1 is 1.24 bits per heavy atom. The van der Waals surface area contributed by atoms with Gasteiger partial charge in [0.25, 0.3) is 5.91 Å². The minimum Gasteiger partial charge on any atom is -0.478 e. The minimum absolute atomic E-state index is 0.113. The highest BCUT2D eigenvalue weighted by Crippen LogP contribution is 2.23. The molecule has 1 aromatic carbocycles. The number of benzene rings is 1. The first-order valence-electron chi connectivity index (χ1n) is 7.84. The summed E-state index contributed by atoms with van der Waals surface area (Å²) >= 11 is 1.60. The van der Waals surface area contributed by atoms with Crippen LogP contribution in [-0.4, -0.2) is 22.7 Å². The van der Waals surface area contributed by atoms with Gasteiger partial charge in [-0.2, -0.15) is 0 Å². The summed E-state index contributed by atoms with van der Waals surface area (Å²) in [6.07, 6.45) is 2.11. The Labute approximate surface area is 151 Å². The molecule has 1 aromatic heterocycles. The standard InChI is InChI=1S/C19H21NO4S/c1-12(2)8-9-25-17-7-5-4-6-15(17)18(21)20-11-14-10-16(19(22)23)13(3)24-14/h4-8,10H,9,11H2,1-3H3,(H,20,21)(H,22,23). The SMILES string of the molecule is CC(C)=CCSc1ccccc1C(=O)NCc1cc(C(=O)O)c(C)o1. The number of carbonyl (C=O) groups is 2. The molecule has 0 bridgehead atoms.